The number of aryl methyl sites for hydroxylation is 1. The zero-order valence-electron chi connectivity index (χ0n) is 14.4. The molecule has 2 aliphatic rings. The Kier molecular flexibility index (Phi) is 4.18. The summed E-state index contributed by atoms with van der Waals surface area (Å²) in [6, 6.07) is 1.19. The summed E-state index contributed by atoms with van der Waals surface area (Å²) >= 11 is 0. The van der Waals surface area contributed by atoms with Gasteiger partial charge in [-0.1, -0.05) is 6.92 Å². The Labute approximate surface area is 142 Å². The molecule has 0 unspecified atom stereocenters. The fourth-order valence-electron chi connectivity index (χ4n) is 4.20. The first kappa shape index (κ1) is 15.5. The van der Waals surface area contributed by atoms with Gasteiger partial charge in [0.05, 0.1) is 6.54 Å². The number of piperidine rings is 1. The summed E-state index contributed by atoms with van der Waals surface area (Å²) in [5, 5.41) is 4.26. The summed E-state index contributed by atoms with van der Waals surface area (Å²) in [7, 11) is 2.26. The Bertz CT molecular complexity index is 654. The van der Waals surface area contributed by atoms with Crippen molar-refractivity contribution in [1.82, 2.24) is 29.6 Å². The summed E-state index contributed by atoms with van der Waals surface area (Å²) in [6.45, 7) is 5.14. The third kappa shape index (κ3) is 2.88. The van der Waals surface area contributed by atoms with Gasteiger partial charge in [-0.3, -0.25) is 9.58 Å². The number of nitrogens with zero attached hydrogens (tertiary/aromatic N) is 7. The molecule has 0 aromatic carbocycles. The average molecular weight is 327 g/mol. The molecule has 0 N–H and O–H groups in total. The molecule has 7 heteroatoms. The van der Waals surface area contributed by atoms with Gasteiger partial charge in [0.25, 0.3) is 0 Å². The molecule has 3 atom stereocenters. The van der Waals surface area contributed by atoms with Crippen molar-refractivity contribution in [1.29, 1.82) is 0 Å². The lowest BCUT2D eigenvalue weighted by molar-refractivity contribution is 0.188. The lowest BCUT2D eigenvalue weighted by Gasteiger charge is -2.37. The van der Waals surface area contributed by atoms with Crippen molar-refractivity contribution in [2.24, 2.45) is 5.92 Å². The summed E-state index contributed by atoms with van der Waals surface area (Å²) < 4.78 is 1.95. The SMILES string of the molecule is CCc1cnc(N2CC[C@@H]3[C@@H](C[C@H](Cn4cncn4)N3C)C2)nc1. The molecule has 2 fully saturated rings. The van der Waals surface area contributed by atoms with Crippen LogP contribution in [0.1, 0.15) is 25.3 Å². The molecule has 4 rings (SSSR count). The minimum atomic E-state index is 0.532. The summed E-state index contributed by atoms with van der Waals surface area (Å²) in [5.41, 5.74) is 1.20. The van der Waals surface area contributed by atoms with E-state index in [1.165, 1.54) is 18.4 Å². The average Bonchev–Trinajstić information content (AvgIpc) is 3.24. The number of hydrogen-bond donors (Lipinski definition) is 0. The second-order valence-electron chi connectivity index (χ2n) is 6.98. The highest BCUT2D eigenvalue weighted by Gasteiger charge is 2.42. The standard InChI is InChI=1S/C17H25N7/c1-3-13-7-19-17(20-8-13)23-5-4-16-14(9-23)6-15(22(16)2)10-24-12-18-11-21-24/h7-8,11-12,14-16H,3-6,9-10H2,1-2H3/t14-,15+,16+/m0/s1. The normalized spacial score (nSPS) is 27.4. The number of likely N-dealkylation sites (N-methyl/N-ethyl adjacent to an activating group) is 1. The molecule has 24 heavy (non-hydrogen) atoms. The molecular weight excluding hydrogens is 302 g/mol. The zero-order chi connectivity index (χ0) is 16.5. The smallest absolute Gasteiger partial charge is 0.225 e. The third-order valence-electron chi connectivity index (χ3n) is 5.61. The fourth-order valence-corrected chi connectivity index (χ4v) is 4.20. The largest absolute Gasteiger partial charge is 0.340 e. The number of rotatable bonds is 4. The van der Waals surface area contributed by atoms with E-state index < -0.39 is 0 Å². The Morgan fingerprint density at radius 2 is 2.08 bits per heavy atom. The Morgan fingerprint density at radius 3 is 2.79 bits per heavy atom. The first-order valence-electron chi connectivity index (χ1n) is 8.84. The van der Waals surface area contributed by atoms with Gasteiger partial charge in [0, 0.05) is 37.6 Å². The fraction of sp³-hybridized carbons (Fsp3) is 0.647. The lowest BCUT2D eigenvalue weighted by atomic mass is 9.92. The predicted molar refractivity (Wildman–Crippen MR) is 91.7 cm³/mol. The van der Waals surface area contributed by atoms with Crippen LogP contribution in [0.3, 0.4) is 0 Å². The van der Waals surface area contributed by atoms with Crippen molar-refractivity contribution in [3.63, 3.8) is 0 Å². The quantitative estimate of drug-likeness (QED) is 0.842. The van der Waals surface area contributed by atoms with Gasteiger partial charge in [-0.2, -0.15) is 5.10 Å². The molecule has 4 heterocycles. The monoisotopic (exact) mass is 327 g/mol. The molecule has 0 saturated carbocycles. The molecule has 128 valence electrons. The molecule has 0 spiro atoms. The van der Waals surface area contributed by atoms with Gasteiger partial charge in [-0.15, -0.1) is 0 Å². The maximum absolute atomic E-state index is 4.57. The minimum Gasteiger partial charge on any atom is -0.340 e. The maximum atomic E-state index is 4.57. The van der Waals surface area contributed by atoms with Crippen LogP contribution in [0.2, 0.25) is 0 Å². The van der Waals surface area contributed by atoms with E-state index in [4.69, 9.17) is 0 Å². The van der Waals surface area contributed by atoms with E-state index in [9.17, 15) is 0 Å². The van der Waals surface area contributed by atoms with E-state index >= 15 is 0 Å². The Morgan fingerprint density at radius 1 is 1.25 bits per heavy atom. The van der Waals surface area contributed by atoms with Crippen LogP contribution in [-0.2, 0) is 13.0 Å². The molecule has 0 aliphatic carbocycles. The number of fused-ring (bicyclic) bond motifs is 1. The van der Waals surface area contributed by atoms with E-state index in [2.05, 4.69) is 43.8 Å². The van der Waals surface area contributed by atoms with Crippen LogP contribution in [0.5, 0.6) is 0 Å². The molecule has 2 saturated heterocycles. The van der Waals surface area contributed by atoms with Gasteiger partial charge < -0.3 is 4.90 Å². The Hall–Kier alpha value is -2.02. The number of hydrogen-bond acceptors (Lipinski definition) is 6. The number of anilines is 1. The molecule has 2 aromatic heterocycles. The van der Waals surface area contributed by atoms with Gasteiger partial charge in [-0.25, -0.2) is 15.0 Å². The Balaban J connectivity index is 1.43. The van der Waals surface area contributed by atoms with Gasteiger partial charge in [0.2, 0.25) is 5.95 Å². The van der Waals surface area contributed by atoms with Crippen LogP contribution in [0.4, 0.5) is 5.95 Å². The topological polar surface area (TPSA) is 63.0 Å². The maximum Gasteiger partial charge on any atom is 0.225 e. The first-order valence-corrected chi connectivity index (χ1v) is 8.84. The van der Waals surface area contributed by atoms with Crippen LogP contribution in [0.25, 0.3) is 0 Å². The number of likely N-dealkylation sites (tertiary alicyclic amines) is 1. The lowest BCUT2D eigenvalue weighted by Crippen LogP contribution is -2.46. The highest BCUT2D eigenvalue weighted by Crippen LogP contribution is 2.35. The van der Waals surface area contributed by atoms with Gasteiger partial charge >= 0.3 is 0 Å². The van der Waals surface area contributed by atoms with Gasteiger partial charge in [0.1, 0.15) is 12.7 Å². The van der Waals surface area contributed by atoms with Crippen molar-refractivity contribution in [3.05, 3.63) is 30.6 Å². The highest BCUT2D eigenvalue weighted by molar-refractivity contribution is 5.31. The molecule has 2 aromatic rings. The molecule has 0 bridgehead atoms. The highest BCUT2D eigenvalue weighted by atomic mass is 15.3. The van der Waals surface area contributed by atoms with Crippen LogP contribution < -0.4 is 4.90 Å². The summed E-state index contributed by atoms with van der Waals surface area (Å²) in [6.07, 6.45) is 10.7. The predicted octanol–water partition coefficient (Wildman–Crippen LogP) is 1.23. The molecule has 7 nitrogen and oxygen atoms in total. The van der Waals surface area contributed by atoms with Crippen molar-refractivity contribution < 1.29 is 0 Å². The van der Waals surface area contributed by atoms with Crippen LogP contribution in [0, 0.1) is 5.92 Å². The van der Waals surface area contributed by atoms with E-state index in [1.807, 2.05) is 23.4 Å². The number of aromatic nitrogens is 5. The second kappa shape index (κ2) is 6.47. The van der Waals surface area contributed by atoms with E-state index in [0.29, 0.717) is 18.0 Å². The van der Waals surface area contributed by atoms with Gasteiger partial charge in [-0.05, 0) is 37.8 Å². The molecule has 0 amide bonds. The zero-order valence-corrected chi connectivity index (χ0v) is 14.4. The molecule has 0 radical (unpaired) electrons. The van der Waals surface area contributed by atoms with Crippen LogP contribution >= 0.6 is 0 Å². The van der Waals surface area contributed by atoms with Crippen LogP contribution in [-0.4, -0.2) is 61.9 Å². The van der Waals surface area contributed by atoms with Crippen molar-refractivity contribution in [2.75, 3.05) is 25.0 Å². The molecular formula is C17H25N7. The minimum absolute atomic E-state index is 0.532. The first-order chi connectivity index (χ1) is 11.7. The van der Waals surface area contributed by atoms with Crippen molar-refractivity contribution >= 4 is 5.95 Å². The van der Waals surface area contributed by atoms with Crippen molar-refractivity contribution in [3.8, 4) is 0 Å². The van der Waals surface area contributed by atoms with Crippen molar-refractivity contribution in [2.45, 2.75) is 44.8 Å². The van der Waals surface area contributed by atoms with E-state index in [-0.39, 0.29) is 0 Å². The van der Waals surface area contributed by atoms with E-state index in [1.54, 1.807) is 6.33 Å². The molecule has 2 aliphatic heterocycles. The second-order valence-corrected chi connectivity index (χ2v) is 6.98. The summed E-state index contributed by atoms with van der Waals surface area (Å²) in [5.74, 6) is 1.56. The third-order valence-corrected chi connectivity index (χ3v) is 5.61. The van der Waals surface area contributed by atoms with E-state index in [0.717, 1.165) is 32.0 Å². The van der Waals surface area contributed by atoms with Gasteiger partial charge in [0.15, 0.2) is 0 Å². The van der Waals surface area contributed by atoms with Crippen LogP contribution in [0.15, 0.2) is 25.0 Å². The summed E-state index contributed by atoms with van der Waals surface area (Å²) in [4.78, 5) is 18.1.